The Labute approximate surface area is 126 Å². The summed E-state index contributed by atoms with van der Waals surface area (Å²) >= 11 is 0. The molecule has 1 atom stereocenters. The van der Waals surface area contributed by atoms with Crippen molar-refractivity contribution >= 4 is 5.91 Å². The van der Waals surface area contributed by atoms with E-state index < -0.39 is 11.6 Å². The highest BCUT2D eigenvalue weighted by Crippen LogP contribution is 2.22. The molecule has 22 heavy (non-hydrogen) atoms. The number of carbonyl (C=O) groups is 1. The van der Waals surface area contributed by atoms with Gasteiger partial charge < -0.3 is 10.4 Å². The van der Waals surface area contributed by atoms with Gasteiger partial charge in [0.1, 0.15) is 11.5 Å². The number of halogens is 2. The first kappa shape index (κ1) is 16.1. The van der Waals surface area contributed by atoms with Gasteiger partial charge in [-0.25, -0.2) is 13.5 Å². The second-order valence-corrected chi connectivity index (χ2v) is 4.96. The highest BCUT2D eigenvalue weighted by molar-refractivity contribution is 5.76. The molecule has 2 N–H and O–H groups in total. The van der Waals surface area contributed by atoms with Gasteiger partial charge in [-0.1, -0.05) is 0 Å². The molecular formula is C15H17F2N3O2. The van der Waals surface area contributed by atoms with E-state index in [-0.39, 0.29) is 30.7 Å². The van der Waals surface area contributed by atoms with Gasteiger partial charge in [-0.15, -0.1) is 0 Å². The lowest BCUT2D eigenvalue weighted by molar-refractivity contribution is -0.122. The monoisotopic (exact) mass is 309 g/mol. The van der Waals surface area contributed by atoms with Crippen molar-refractivity contribution in [3.05, 3.63) is 47.3 Å². The molecule has 1 aromatic heterocycles. The van der Waals surface area contributed by atoms with Crippen molar-refractivity contribution in [3.63, 3.8) is 0 Å². The van der Waals surface area contributed by atoms with Gasteiger partial charge in [0, 0.05) is 23.7 Å². The Hall–Kier alpha value is -2.28. The first-order chi connectivity index (χ1) is 10.4. The number of nitrogens with one attached hydrogen (secondary N) is 1. The fourth-order valence-electron chi connectivity index (χ4n) is 2.24. The average Bonchev–Trinajstić information content (AvgIpc) is 2.81. The number of amides is 1. The normalized spacial score (nSPS) is 12.2. The molecule has 0 bridgehead atoms. The number of aromatic nitrogens is 2. The van der Waals surface area contributed by atoms with Gasteiger partial charge in [-0.05, 0) is 26.0 Å². The minimum Gasteiger partial charge on any atom is -0.396 e. The van der Waals surface area contributed by atoms with Crippen LogP contribution in [0.2, 0.25) is 0 Å². The summed E-state index contributed by atoms with van der Waals surface area (Å²) in [6.07, 6.45) is 1.55. The second kappa shape index (κ2) is 6.65. The molecule has 5 nitrogen and oxygen atoms in total. The van der Waals surface area contributed by atoms with Crippen molar-refractivity contribution < 1.29 is 18.7 Å². The SMILES string of the molecule is Cc1c([C@H](C)NC(=O)CCO)cnn1-c1ccc(F)cc1F. The largest absolute Gasteiger partial charge is 0.396 e. The van der Waals surface area contributed by atoms with Crippen LogP contribution in [0.1, 0.15) is 30.6 Å². The minimum absolute atomic E-state index is 0.0180. The summed E-state index contributed by atoms with van der Waals surface area (Å²) in [4.78, 5) is 11.5. The number of nitrogens with zero attached hydrogens (tertiary/aromatic N) is 2. The molecular weight excluding hydrogens is 292 g/mol. The van der Waals surface area contributed by atoms with Crippen LogP contribution in [0.4, 0.5) is 8.78 Å². The van der Waals surface area contributed by atoms with Crippen LogP contribution < -0.4 is 5.32 Å². The fraction of sp³-hybridized carbons (Fsp3) is 0.333. The van der Waals surface area contributed by atoms with Gasteiger partial charge in [-0.3, -0.25) is 4.79 Å². The van der Waals surface area contributed by atoms with Gasteiger partial charge in [0.25, 0.3) is 0 Å². The van der Waals surface area contributed by atoms with E-state index in [9.17, 15) is 13.6 Å². The number of benzene rings is 1. The molecule has 0 radical (unpaired) electrons. The Balaban J connectivity index is 2.27. The summed E-state index contributed by atoms with van der Waals surface area (Å²) in [6, 6.07) is 2.92. The zero-order valence-corrected chi connectivity index (χ0v) is 12.3. The Morgan fingerprint density at radius 3 is 2.82 bits per heavy atom. The van der Waals surface area contributed by atoms with Crippen LogP contribution in [0.5, 0.6) is 0 Å². The molecule has 0 aliphatic heterocycles. The summed E-state index contributed by atoms with van der Waals surface area (Å²) < 4.78 is 28.2. The first-order valence-electron chi connectivity index (χ1n) is 6.84. The highest BCUT2D eigenvalue weighted by Gasteiger charge is 2.17. The standard InChI is InChI=1S/C15H17F2N3O2/c1-9(19-15(22)5-6-21)12-8-18-20(10(12)2)14-4-3-11(16)7-13(14)17/h3-4,7-9,21H,5-6H2,1-2H3,(H,19,22)/t9-/m0/s1. The molecule has 0 unspecified atom stereocenters. The summed E-state index contributed by atoms with van der Waals surface area (Å²) in [6.45, 7) is 3.28. The predicted molar refractivity (Wildman–Crippen MR) is 76.5 cm³/mol. The number of aliphatic hydroxyl groups is 1. The molecule has 0 saturated heterocycles. The minimum atomic E-state index is -0.713. The predicted octanol–water partition coefficient (Wildman–Crippen LogP) is 2.02. The number of hydrogen-bond donors (Lipinski definition) is 2. The van der Waals surface area contributed by atoms with Crippen molar-refractivity contribution in [2.24, 2.45) is 0 Å². The third-order valence-electron chi connectivity index (χ3n) is 3.37. The smallest absolute Gasteiger partial charge is 0.222 e. The van der Waals surface area contributed by atoms with Crippen LogP contribution in [0.25, 0.3) is 5.69 Å². The van der Waals surface area contributed by atoms with E-state index in [0.717, 1.165) is 17.7 Å². The molecule has 1 aromatic carbocycles. The molecule has 2 rings (SSSR count). The van der Waals surface area contributed by atoms with Crippen molar-refractivity contribution in [2.75, 3.05) is 6.61 Å². The van der Waals surface area contributed by atoms with Gasteiger partial charge in [0.05, 0.1) is 18.8 Å². The average molecular weight is 309 g/mol. The van der Waals surface area contributed by atoms with Crippen LogP contribution in [0.3, 0.4) is 0 Å². The van der Waals surface area contributed by atoms with Gasteiger partial charge in [0.2, 0.25) is 5.91 Å². The Morgan fingerprint density at radius 1 is 1.45 bits per heavy atom. The van der Waals surface area contributed by atoms with E-state index in [0.29, 0.717) is 5.69 Å². The van der Waals surface area contributed by atoms with Crippen molar-refractivity contribution in [1.29, 1.82) is 0 Å². The summed E-state index contributed by atoms with van der Waals surface area (Å²) in [7, 11) is 0. The van der Waals surface area contributed by atoms with Crippen LogP contribution in [-0.4, -0.2) is 27.4 Å². The number of aliphatic hydroxyl groups excluding tert-OH is 1. The molecule has 118 valence electrons. The molecule has 0 aliphatic carbocycles. The summed E-state index contributed by atoms with van der Waals surface area (Å²) in [5.74, 6) is -1.65. The third kappa shape index (κ3) is 3.30. The van der Waals surface area contributed by atoms with Crippen molar-refractivity contribution in [3.8, 4) is 5.69 Å². The number of rotatable bonds is 5. The number of hydrogen-bond acceptors (Lipinski definition) is 3. The van der Waals surface area contributed by atoms with Crippen molar-refractivity contribution in [1.82, 2.24) is 15.1 Å². The van der Waals surface area contributed by atoms with Crippen LogP contribution in [-0.2, 0) is 4.79 Å². The van der Waals surface area contributed by atoms with E-state index in [1.807, 2.05) is 0 Å². The second-order valence-electron chi connectivity index (χ2n) is 4.96. The zero-order chi connectivity index (χ0) is 16.3. The van der Waals surface area contributed by atoms with Gasteiger partial charge in [0.15, 0.2) is 5.82 Å². The summed E-state index contributed by atoms with van der Waals surface area (Å²) in [5, 5.41) is 15.6. The molecule has 0 spiro atoms. The molecule has 1 amide bonds. The third-order valence-corrected chi connectivity index (χ3v) is 3.37. The van der Waals surface area contributed by atoms with Crippen molar-refractivity contribution in [2.45, 2.75) is 26.3 Å². The van der Waals surface area contributed by atoms with Gasteiger partial charge >= 0.3 is 0 Å². The topological polar surface area (TPSA) is 67.2 Å². The Kier molecular flexibility index (Phi) is 4.87. The fourth-order valence-corrected chi connectivity index (χ4v) is 2.24. The summed E-state index contributed by atoms with van der Waals surface area (Å²) in [5.41, 5.74) is 1.50. The van der Waals surface area contributed by atoms with Crippen LogP contribution >= 0.6 is 0 Å². The maximum atomic E-state index is 13.8. The lowest BCUT2D eigenvalue weighted by atomic mass is 10.1. The lowest BCUT2D eigenvalue weighted by Gasteiger charge is -2.14. The van der Waals surface area contributed by atoms with E-state index in [4.69, 9.17) is 5.11 Å². The molecule has 0 saturated carbocycles. The first-order valence-corrected chi connectivity index (χ1v) is 6.84. The maximum Gasteiger partial charge on any atom is 0.222 e. The zero-order valence-electron chi connectivity index (χ0n) is 12.3. The molecule has 7 heteroatoms. The van der Waals surface area contributed by atoms with E-state index >= 15 is 0 Å². The Bertz CT molecular complexity index is 685. The molecule has 0 aliphatic rings. The maximum absolute atomic E-state index is 13.8. The van der Waals surface area contributed by atoms with Crippen LogP contribution in [0.15, 0.2) is 24.4 Å². The van der Waals surface area contributed by atoms with E-state index in [1.54, 1.807) is 13.8 Å². The highest BCUT2D eigenvalue weighted by atomic mass is 19.1. The van der Waals surface area contributed by atoms with Gasteiger partial charge in [-0.2, -0.15) is 5.10 Å². The van der Waals surface area contributed by atoms with E-state index in [1.165, 1.54) is 16.9 Å². The quantitative estimate of drug-likeness (QED) is 0.888. The molecule has 2 aromatic rings. The van der Waals surface area contributed by atoms with E-state index in [2.05, 4.69) is 10.4 Å². The molecule has 1 heterocycles. The lowest BCUT2D eigenvalue weighted by Crippen LogP contribution is -2.27. The molecule has 0 fully saturated rings. The van der Waals surface area contributed by atoms with Crippen LogP contribution in [0, 0.1) is 18.6 Å². The Morgan fingerprint density at radius 2 is 2.18 bits per heavy atom. The number of carbonyl (C=O) groups excluding carboxylic acids is 1.